The number of aromatic nitrogens is 4. The quantitative estimate of drug-likeness (QED) is 0.381. The molecule has 0 radical (unpaired) electrons. The number of benzene rings is 1. The third kappa shape index (κ3) is 5.07. The Kier molecular flexibility index (Phi) is 7.18. The molecule has 174 valence electrons. The Balaban J connectivity index is 0.00000133. The fourth-order valence-electron chi connectivity index (χ4n) is 3.84. The minimum atomic E-state index is -1.50. The van der Waals surface area contributed by atoms with Crippen LogP contribution in [0.15, 0.2) is 66.0 Å². The standard InChI is InChI=1S/C22H24N8OS.C2H2/c1-15-14-29(11-9-24-15)20-7-2-17(13-25-20)27-22-26-12-16-8-10-30(21(16)28-22)18-3-5-19(6-4-18)32(23)31;1-2/h2-8,10,12-13,15,24H,9,11,14,23H2,1H3,(H,26,27,28);1-2H/t15-,32?;/m0./s1. The van der Waals surface area contributed by atoms with Crippen molar-refractivity contribution < 1.29 is 4.21 Å². The van der Waals surface area contributed by atoms with Crippen LogP contribution in [-0.4, -0.2) is 49.4 Å². The second-order valence-corrected chi connectivity index (χ2v) is 8.85. The summed E-state index contributed by atoms with van der Waals surface area (Å²) in [6.45, 7) is 5.03. The molecule has 0 aliphatic carbocycles. The lowest BCUT2D eigenvalue weighted by molar-refractivity contribution is 0.482. The maximum absolute atomic E-state index is 11.4. The van der Waals surface area contributed by atoms with Gasteiger partial charge in [-0.3, -0.25) is 0 Å². The number of fused-ring (bicyclic) bond motifs is 1. The Morgan fingerprint density at radius 3 is 2.59 bits per heavy atom. The molecule has 9 nitrogen and oxygen atoms in total. The van der Waals surface area contributed by atoms with E-state index in [1.165, 1.54) is 0 Å². The maximum atomic E-state index is 11.4. The van der Waals surface area contributed by atoms with Crippen LogP contribution < -0.4 is 20.7 Å². The summed E-state index contributed by atoms with van der Waals surface area (Å²) in [7, 11) is -1.50. The van der Waals surface area contributed by atoms with E-state index in [1.807, 2.05) is 41.1 Å². The monoisotopic (exact) mass is 474 g/mol. The SMILES string of the molecule is C#C.C[C@H]1CN(c2ccc(Nc3ncc4ccn(-c5ccc(S(N)=O)cc5)c4n3)cn2)CCN1. The molecular formula is C24H26N8OS. The zero-order valence-electron chi connectivity index (χ0n) is 18.8. The number of piperazine rings is 1. The molecule has 4 aromatic rings. The van der Waals surface area contributed by atoms with E-state index < -0.39 is 11.0 Å². The van der Waals surface area contributed by atoms with E-state index in [2.05, 4.69) is 45.3 Å². The molecule has 1 aliphatic heterocycles. The Morgan fingerprint density at radius 1 is 1.12 bits per heavy atom. The second kappa shape index (κ2) is 10.4. The summed E-state index contributed by atoms with van der Waals surface area (Å²) in [5.41, 5.74) is 2.49. The zero-order valence-corrected chi connectivity index (χ0v) is 19.6. The Hall–Kier alpha value is -3.78. The molecule has 1 saturated heterocycles. The van der Waals surface area contributed by atoms with Crippen molar-refractivity contribution in [2.75, 3.05) is 29.9 Å². The third-order valence-electron chi connectivity index (χ3n) is 5.47. The van der Waals surface area contributed by atoms with Gasteiger partial charge in [0.15, 0.2) is 0 Å². The first-order valence-electron chi connectivity index (χ1n) is 10.7. The predicted molar refractivity (Wildman–Crippen MR) is 137 cm³/mol. The highest BCUT2D eigenvalue weighted by Gasteiger charge is 2.16. The molecule has 2 atom stereocenters. The van der Waals surface area contributed by atoms with Crippen LogP contribution in [0.25, 0.3) is 16.7 Å². The molecule has 1 unspecified atom stereocenters. The summed E-state index contributed by atoms with van der Waals surface area (Å²) in [6, 6.07) is 13.7. The highest BCUT2D eigenvalue weighted by Crippen LogP contribution is 2.22. The smallest absolute Gasteiger partial charge is 0.229 e. The molecule has 0 amide bonds. The van der Waals surface area contributed by atoms with E-state index in [0.29, 0.717) is 16.9 Å². The van der Waals surface area contributed by atoms with Crippen molar-refractivity contribution in [1.29, 1.82) is 0 Å². The van der Waals surface area contributed by atoms with E-state index in [-0.39, 0.29) is 0 Å². The second-order valence-electron chi connectivity index (χ2n) is 7.78. The molecule has 0 bridgehead atoms. The number of terminal acetylenes is 1. The van der Waals surface area contributed by atoms with Crippen LogP contribution in [-0.2, 0) is 11.0 Å². The lowest BCUT2D eigenvalue weighted by Crippen LogP contribution is -2.49. The van der Waals surface area contributed by atoms with Gasteiger partial charge in [-0.05, 0) is 49.4 Å². The van der Waals surface area contributed by atoms with Gasteiger partial charge >= 0.3 is 0 Å². The molecule has 1 aromatic carbocycles. The van der Waals surface area contributed by atoms with Crippen molar-refractivity contribution in [3.05, 3.63) is 61.1 Å². The molecule has 0 spiro atoms. The summed E-state index contributed by atoms with van der Waals surface area (Å²) < 4.78 is 13.4. The number of nitrogens with two attached hydrogens (primary N) is 1. The van der Waals surface area contributed by atoms with Gasteiger partial charge < -0.3 is 20.1 Å². The van der Waals surface area contributed by atoms with Crippen molar-refractivity contribution in [3.8, 4) is 18.5 Å². The summed E-state index contributed by atoms with van der Waals surface area (Å²) in [5, 5.41) is 13.1. The molecule has 1 fully saturated rings. The first-order valence-corrected chi connectivity index (χ1v) is 11.9. The van der Waals surface area contributed by atoms with Gasteiger partial charge in [0.1, 0.15) is 22.5 Å². The molecule has 0 saturated carbocycles. The van der Waals surface area contributed by atoms with Crippen molar-refractivity contribution in [1.82, 2.24) is 24.8 Å². The lowest BCUT2D eigenvalue weighted by Gasteiger charge is -2.32. The van der Waals surface area contributed by atoms with Gasteiger partial charge in [-0.15, -0.1) is 12.8 Å². The van der Waals surface area contributed by atoms with Gasteiger partial charge in [0.2, 0.25) is 5.95 Å². The molecule has 1 aliphatic rings. The number of hydrogen-bond acceptors (Lipinski definition) is 7. The minimum absolute atomic E-state index is 0.452. The average Bonchev–Trinajstić information content (AvgIpc) is 3.29. The fraction of sp³-hybridized carbons (Fsp3) is 0.208. The maximum Gasteiger partial charge on any atom is 0.229 e. The average molecular weight is 475 g/mol. The highest BCUT2D eigenvalue weighted by molar-refractivity contribution is 7.82. The number of pyridine rings is 1. The van der Waals surface area contributed by atoms with Crippen LogP contribution in [0.3, 0.4) is 0 Å². The highest BCUT2D eigenvalue weighted by atomic mass is 32.2. The summed E-state index contributed by atoms with van der Waals surface area (Å²) >= 11 is 0. The minimum Gasteiger partial charge on any atom is -0.354 e. The Bertz CT molecular complexity index is 1300. The number of hydrogen-bond donors (Lipinski definition) is 3. The molecule has 3 aromatic heterocycles. The third-order valence-corrected chi connectivity index (χ3v) is 6.21. The van der Waals surface area contributed by atoms with E-state index in [0.717, 1.165) is 47.9 Å². The predicted octanol–water partition coefficient (Wildman–Crippen LogP) is 2.59. The van der Waals surface area contributed by atoms with Crippen molar-refractivity contribution >= 4 is 39.5 Å². The van der Waals surface area contributed by atoms with E-state index in [9.17, 15) is 4.21 Å². The van der Waals surface area contributed by atoms with Crippen LogP contribution >= 0.6 is 0 Å². The molecule has 4 N–H and O–H groups in total. The van der Waals surface area contributed by atoms with Gasteiger partial charge in [-0.1, -0.05) is 0 Å². The molecule has 4 heterocycles. The van der Waals surface area contributed by atoms with Crippen molar-refractivity contribution in [2.24, 2.45) is 5.14 Å². The molecule has 5 rings (SSSR count). The first kappa shape index (κ1) is 23.4. The molecule has 10 heteroatoms. The normalized spacial score (nSPS) is 16.5. The lowest BCUT2D eigenvalue weighted by atomic mass is 10.2. The van der Waals surface area contributed by atoms with Gasteiger partial charge in [-0.25, -0.2) is 19.3 Å². The van der Waals surface area contributed by atoms with Crippen LogP contribution in [0.5, 0.6) is 0 Å². The van der Waals surface area contributed by atoms with Crippen LogP contribution in [0.4, 0.5) is 17.5 Å². The van der Waals surface area contributed by atoms with Gasteiger partial charge in [-0.2, -0.15) is 4.98 Å². The van der Waals surface area contributed by atoms with Crippen LogP contribution in [0.1, 0.15) is 6.92 Å². The Morgan fingerprint density at radius 2 is 1.91 bits per heavy atom. The summed E-state index contributed by atoms with van der Waals surface area (Å²) in [5.74, 6) is 1.46. The van der Waals surface area contributed by atoms with Crippen LogP contribution in [0.2, 0.25) is 0 Å². The van der Waals surface area contributed by atoms with E-state index >= 15 is 0 Å². The van der Waals surface area contributed by atoms with E-state index in [4.69, 9.17) is 10.1 Å². The van der Waals surface area contributed by atoms with Gasteiger partial charge in [0.05, 0.1) is 16.8 Å². The largest absolute Gasteiger partial charge is 0.354 e. The Labute approximate surface area is 201 Å². The summed E-state index contributed by atoms with van der Waals surface area (Å²) in [4.78, 5) is 16.6. The van der Waals surface area contributed by atoms with Crippen molar-refractivity contribution in [3.63, 3.8) is 0 Å². The number of rotatable bonds is 5. The number of nitrogens with one attached hydrogen (secondary N) is 2. The number of nitrogens with zero attached hydrogens (tertiary/aromatic N) is 5. The molecule has 34 heavy (non-hydrogen) atoms. The van der Waals surface area contributed by atoms with E-state index in [1.54, 1.807) is 24.5 Å². The molecular weight excluding hydrogens is 448 g/mol. The first-order chi connectivity index (χ1) is 16.6. The fourth-order valence-corrected chi connectivity index (χ4v) is 4.25. The zero-order chi connectivity index (χ0) is 24.1. The van der Waals surface area contributed by atoms with Crippen LogP contribution in [0, 0.1) is 12.8 Å². The van der Waals surface area contributed by atoms with Gasteiger partial charge in [0, 0.05) is 49.1 Å². The number of anilines is 3. The van der Waals surface area contributed by atoms with Gasteiger partial charge in [0.25, 0.3) is 0 Å². The topological polar surface area (TPSA) is 114 Å². The summed E-state index contributed by atoms with van der Waals surface area (Å²) in [6.07, 6.45) is 13.5. The van der Waals surface area contributed by atoms with Crippen molar-refractivity contribution in [2.45, 2.75) is 17.9 Å².